The highest BCUT2D eigenvalue weighted by Gasteiger charge is 2.46. The maximum atomic E-state index is 13.8. The van der Waals surface area contributed by atoms with Crippen LogP contribution in [0.25, 0.3) is 11.2 Å². The largest absolute Gasteiger partial charge is 0.502 e. The van der Waals surface area contributed by atoms with E-state index in [1.807, 2.05) is 0 Å². The quantitative estimate of drug-likeness (QED) is 0.104. The van der Waals surface area contributed by atoms with Crippen molar-refractivity contribution in [3.8, 4) is 0 Å². The van der Waals surface area contributed by atoms with Gasteiger partial charge in [0.05, 0.1) is 38.9 Å². The summed E-state index contributed by atoms with van der Waals surface area (Å²) in [6.45, 7) is -4.74. The molecule has 2 aliphatic heterocycles. The summed E-state index contributed by atoms with van der Waals surface area (Å²) in [4.78, 5) is 61.9. The van der Waals surface area contributed by atoms with E-state index in [-0.39, 0.29) is 36.4 Å². The minimum absolute atomic E-state index is 0.0154. The Morgan fingerprint density at radius 1 is 1.11 bits per heavy atom. The number of hydrogen-bond donors (Lipinski definition) is 4. The molecule has 1 unspecified atom stereocenters. The molecule has 5 rings (SSSR count). The zero-order chi connectivity index (χ0) is 31.6. The van der Waals surface area contributed by atoms with E-state index in [0.717, 1.165) is 7.11 Å². The van der Waals surface area contributed by atoms with Crippen LogP contribution >= 0.6 is 14.5 Å². The number of H-pyrrole nitrogens is 1. The van der Waals surface area contributed by atoms with Crippen LogP contribution in [0.15, 0.2) is 34.5 Å². The van der Waals surface area contributed by atoms with Gasteiger partial charge < -0.3 is 34.3 Å². The van der Waals surface area contributed by atoms with Crippen molar-refractivity contribution in [3.63, 3.8) is 0 Å². The third-order valence-corrected chi connectivity index (χ3v) is 8.83. The van der Waals surface area contributed by atoms with Gasteiger partial charge in [0.1, 0.15) is 30.3 Å². The van der Waals surface area contributed by atoms with Gasteiger partial charge in [-0.1, -0.05) is 0 Å². The number of aromatic nitrogens is 6. The number of fused-ring (bicyclic) bond motifs is 1. The number of imidazole rings is 1. The monoisotopic (exact) mass is 681 g/mol. The van der Waals surface area contributed by atoms with Crippen molar-refractivity contribution in [2.24, 2.45) is 0 Å². The van der Waals surface area contributed by atoms with Crippen molar-refractivity contribution >= 4 is 43.3 Å². The van der Waals surface area contributed by atoms with Gasteiger partial charge in [-0.25, -0.2) is 29.2 Å². The molecule has 0 spiro atoms. The Morgan fingerprint density at radius 3 is 2.61 bits per heavy atom. The van der Waals surface area contributed by atoms with Gasteiger partial charge in [-0.05, 0) is 11.8 Å². The number of methoxy groups -OCH3 is 1. The van der Waals surface area contributed by atoms with Crippen LogP contribution in [0, 0.1) is 0 Å². The third kappa shape index (κ3) is 7.48. The summed E-state index contributed by atoms with van der Waals surface area (Å²) in [5, 5.41) is 0. The minimum Gasteiger partial charge on any atom is -0.382 e. The Labute approximate surface area is 252 Å². The predicted molar refractivity (Wildman–Crippen MR) is 150 cm³/mol. The topological polar surface area (TPSA) is 256 Å². The third-order valence-electron chi connectivity index (χ3n) is 6.71. The molecular formula is C21H29N7O13P2S. The van der Waals surface area contributed by atoms with Crippen LogP contribution < -0.4 is 17.0 Å². The summed E-state index contributed by atoms with van der Waals surface area (Å²) in [7, 11) is -2.03. The zero-order valence-corrected chi connectivity index (χ0v) is 25.7. The van der Waals surface area contributed by atoms with Crippen molar-refractivity contribution in [2.45, 2.75) is 49.7 Å². The second-order valence-electron chi connectivity index (χ2n) is 9.54. The fourth-order valence-electron chi connectivity index (χ4n) is 4.81. The van der Waals surface area contributed by atoms with E-state index < -0.39 is 69.3 Å². The molecule has 7 atom stereocenters. The summed E-state index contributed by atoms with van der Waals surface area (Å²) >= 11 is 4.53. The SMILES string of the molecule is COOP(=O)(OC[C@H]1O[C@@H](n2ccc(=O)[nH]c2=O)C[C@@H]1OC)O[C@@H]1C[C@@H](COP(O)(O)=S)O[C@H]1n1cnc2c(N)ncnc21. The lowest BCUT2D eigenvalue weighted by Gasteiger charge is -2.25. The molecule has 0 aromatic carbocycles. The number of phosphoric acid groups is 1. The average Bonchev–Trinajstić information content (AvgIpc) is 3.67. The lowest BCUT2D eigenvalue weighted by atomic mass is 10.2. The highest BCUT2D eigenvalue weighted by atomic mass is 32.5. The van der Waals surface area contributed by atoms with E-state index in [9.17, 15) is 23.9 Å². The minimum atomic E-state index is -4.55. The molecular weight excluding hydrogens is 652 g/mol. The maximum absolute atomic E-state index is 13.8. The van der Waals surface area contributed by atoms with Gasteiger partial charge in [0, 0.05) is 32.2 Å². The molecule has 3 aromatic heterocycles. The number of anilines is 1. The first kappa shape index (κ1) is 32.9. The highest BCUT2D eigenvalue weighted by Crippen LogP contribution is 2.54. The van der Waals surface area contributed by atoms with Gasteiger partial charge in [0.2, 0.25) is 0 Å². The van der Waals surface area contributed by atoms with Crippen molar-refractivity contribution in [3.05, 3.63) is 45.8 Å². The lowest BCUT2D eigenvalue weighted by molar-refractivity contribution is -0.207. The first-order valence-electron chi connectivity index (χ1n) is 12.8. The van der Waals surface area contributed by atoms with E-state index >= 15 is 0 Å². The smallest absolute Gasteiger partial charge is 0.382 e. The lowest BCUT2D eigenvalue weighted by Crippen LogP contribution is -2.32. The molecule has 2 aliphatic rings. The van der Waals surface area contributed by atoms with Crippen LogP contribution in [0.3, 0.4) is 0 Å². The van der Waals surface area contributed by atoms with E-state index in [0.29, 0.717) is 0 Å². The second kappa shape index (κ2) is 13.5. The number of rotatable bonds is 13. The molecule has 5 N–H and O–H groups in total. The van der Waals surface area contributed by atoms with Crippen LogP contribution in [0.5, 0.6) is 0 Å². The Kier molecular flexibility index (Phi) is 10.1. The molecule has 44 heavy (non-hydrogen) atoms. The summed E-state index contributed by atoms with van der Waals surface area (Å²) in [6.07, 6.45) is -1.22. The molecule has 2 saturated heterocycles. The van der Waals surface area contributed by atoms with Crippen molar-refractivity contribution < 1.29 is 51.7 Å². The number of aromatic amines is 1. The van der Waals surface area contributed by atoms with Gasteiger partial charge >= 0.3 is 20.2 Å². The Morgan fingerprint density at radius 2 is 1.91 bits per heavy atom. The Hall–Kier alpha value is -2.49. The van der Waals surface area contributed by atoms with Gasteiger partial charge in [-0.2, -0.15) is 0 Å². The normalized spacial score (nSPS) is 27.2. The number of nitrogens with one attached hydrogen (secondary N) is 1. The van der Waals surface area contributed by atoms with Crippen LogP contribution in [-0.2, 0) is 53.7 Å². The summed E-state index contributed by atoms with van der Waals surface area (Å²) < 4.78 is 55.2. The standard InChI is InChI=1S/C21H29N7O13P2S/c1-34-12-6-16(27-4-3-15(29)26-21(27)30)39-14(12)8-37-43(33,41-35-2)40-13-5-11(7-36-42(31,32)44)38-20(13)28-10-25-17-18(22)23-9-24-19(17)28/h3-4,9-14,16,20H,5-8H2,1-2H3,(H2,22,23,24)(H,26,29,30)(H2,31,32,44)/t11-,12-,13+,14+,16+,20+,43?/m0/s1. The first-order valence-corrected chi connectivity index (χ1v) is 16.9. The molecule has 0 radical (unpaired) electrons. The number of nitrogen functional groups attached to an aromatic ring is 1. The van der Waals surface area contributed by atoms with Gasteiger partial charge in [0.15, 0.2) is 17.7 Å². The molecule has 5 heterocycles. The van der Waals surface area contributed by atoms with E-state index in [4.69, 9.17) is 38.2 Å². The van der Waals surface area contributed by atoms with Crippen LogP contribution in [0.2, 0.25) is 0 Å². The summed E-state index contributed by atoms with van der Waals surface area (Å²) in [5.74, 6) is 0.105. The Balaban J connectivity index is 1.35. The van der Waals surface area contributed by atoms with E-state index in [1.54, 1.807) is 0 Å². The number of phosphoric ester groups is 1. The van der Waals surface area contributed by atoms with Crippen molar-refractivity contribution in [1.82, 2.24) is 29.1 Å². The number of hydrogen-bond acceptors (Lipinski definition) is 16. The van der Waals surface area contributed by atoms with Crippen LogP contribution in [0.1, 0.15) is 25.3 Å². The van der Waals surface area contributed by atoms with E-state index in [2.05, 4.69) is 36.6 Å². The second-order valence-corrected chi connectivity index (χ2v) is 13.7. The maximum Gasteiger partial charge on any atom is 0.502 e. The molecule has 23 heteroatoms. The molecule has 0 aliphatic carbocycles. The molecule has 0 bridgehead atoms. The molecule has 3 aromatic rings. The number of nitrogens with two attached hydrogens (primary N) is 1. The van der Waals surface area contributed by atoms with Crippen LogP contribution in [-0.4, -0.2) is 90.7 Å². The first-order chi connectivity index (χ1) is 20.9. The van der Waals surface area contributed by atoms with Crippen molar-refractivity contribution in [2.75, 3.05) is 33.2 Å². The molecule has 0 saturated carbocycles. The molecule has 242 valence electrons. The fraction of sp³-hybridized carbons (Fsp3) is 0.571. The Bertz CT molecular complexity index is 1680. The van der Waals surface area contributed by atoms with Gasteiger partial charge in [0.25, 0.3) is 5.56 Å². The van der Waals surface area contributed by atoms with E-state index in [1.165, 1.54) is 41.2 Å². The number of nitrogens with zero attached hydrogens (tertiary/aromatic N) is 5. The number of ether oxygens (including phenoxy) is 3. The highest BCUT2D eigenvalue weighted by molar-refractivity contribution is 8.06. The zero-order valence-electron chi connectivity index (χ0n) is 23.1. The van der Waals surface area contributed by atoms with Crippen molar-refractivity contribution in [1.29, 1.82) is 0 Å². The fourth-order valence-corrected chi connectivity index (χ4v) is 6.53. The predicted octanol–water partition coefficient (Wildman–Crippen LogP) is -0.138. The molecule has 0 amide bonds. The van der Waals surface area contributed by atoms with Gasteiger partial charge in [-0.3, -0.25) is 28.0 Å². The summed E-state index contributed by atoms with van der Waals surface area (Å²) in [6, 6.07) is 1.17. The summed E-state index contributed by atoms with van der Waals surface area (Å²) in [5.41, 5.74) is 5.19. The van der Waals surface area contributed by atoms with Gasteiger partial charge in [-0.15, -0.1) is 4.67 Å². The average molecular weight is 682 g/mol. The van der Waals surface area contributed by atoms with Crippen LogP contribution in [0.4, 0.5) is 5.82 Å². The molecule has 20 nitrogen and oxygen atoms in total. The molecule has 2 fully saturated rings.